The van der Waals surface area contributed by atoms with Crippen molar-refractivity contribution in [3.8, 4) is 0 Å². The number of fused-ring (bicyclic) bond motifs is 2. The quantitative estimate of drug-likeness (QED) is 0.0434. The Bertz CT molecular complexity index is 2350. The third-order valence-corrected chi connectivity index (χ3v) is 13.3. The molecule has 5 aromatic rings. The summed E-state index contributed by atoms with van der Waals surface area (Å²) >= 11 is 1.45. The number of thioether (sulfide) groups is 1. The number of amides is 3. The Balaban J connectivity index is 0.952. The van der Waals surface area contributed by atoms with E-state index in [-0.39, 0.29) is 41.1 Å². The number of hydrogen-bond acceptors (Lipinski definition) is 9. The second-order valence-electron chi connectivity index (χ2n) is 16.0. The van der Waals surface area contributed by atoms with Gasteiger partial charge in [0.15, 0.2) is 0 Å². The molecule has 1 aliphatic rings. The Hall–Kier alpha value is -5.29. The van der Waals surface area contributed by atoms with Crippen LogP contribution in [0.1, 0.15) is 125 Å². The SMILES string of the molecule is CC[C@@H](CSC1CC(=O)N(CCCCCCCCCCCC(=O)Nc2ccc(C(c3c(C)c4ccccc4oc3=O)c3c(C)c4ccccc4oc3=O)cc2)C1=O)C(C)=O. The Labute approximate surface area is 355 Å². The number of rotatable bonds is 21. The summed E-state index contributed by atoms with van der Waals surface area (Å²) in [6.45, 7) is 7.77. The first-order chi connectivity index (χ1) is 29.0. The molecule has 2 atom stereocenters. The molecule has 316 valence electrons. The number of aryl methyl sites for hydroxylation is 2. The van der Waals surface area contributed by atoms with Crippen LogP contribution in [0, 0.1) is 19.8 Å². The maximum Gasteiger partial charge on any atom is 0.340 e. The molecule has 1 fully saturated rings. The van der Waals surface area contributed by atoms with Crippen LogP contribution in [-0.4, -0.2) is 46.0 Å². The lowest BCUT2D eigenvalue weighted by molar-refractivity contribution is -0.138. The van der Waals surface area contributed by atoms with Crippen LogP contribution in [0.15, 0.2) is 91.2 Å². The number of nitrogens with one attached hydrogen (secondary N) is 1. The summed E-state index contributed by atoms with van der Waals surface area (Å²) in [5, 5.41) is 4.20. The van der Waals surface area contributed by atoms with Gasteiger partial charge in [-0.2, -0.15) is 0 Å². The topological polar surface area (TPSA) is 144 Å². The number of ketones is 1. The Morgan fingerprint density at radius 2 is 1.25 bits per heavy atom. The average molecular weight is 833 g/mol. The van der Waals surface area contributed by atoms with Crippen molar-refractivity contribution >= 4 is 62.9 Å². The number of benzene rings is 3. The number of imide groups is 1. The Morgan fingerprint density at radius 3 is 1.78 bits per heavy atom. The predicted octanol–water partition coefficient (Wildman–Crippen LogP) is 10.0. The fraction of sp³-hybridized carbons (Fsp3) is 0.429. The highest BCUT2D eigenvalue weighted by Crippen LogP contribution is 2.37. The highest BCUT2D eigenvalue weighted by molar-refractivity contribution is 8.00. The summed E-state index contributed by atoms with van der Waals surface area (Å²) < 4.78 is 11.6. The van der Waals surface area contributed by atoms with Gasteiger partial charge in [0.1, 0.15) is 16.9 Å². The summed E-state index contributed by atoms with van der Waals surface area (Å²) in [6.07, 6.45) is 10.3. The van der Waals surface area contributed by atoms with Crippen LogP contribution in [-0.2, 0) is 19.2 Å². The molecule has 0 aliphatic carbocycles. The molecular formula is C49H56N2O8S. The molecule has 3 amide bonds. The molecule has 1 unspecified atom stereocenters. The average Bonchev–Trinajstić information content (AvgIpc) is 3.50. The molecule has 1 saturated heterocycles. The molecule has 6 rings (SSSR count). The zero-order valence-corrected chi connectivity index (χ0v) is 36.0. The summed E-state index contributed by atoms with van der Waals surface area (Å²) in [5.74, 6) is -0.402. The van der Waals surface area contributed by atoms with E-state index >= 15 is 0 Å². The van der Waals surface area contributed by atoms with Gasteiger partial charge in [0, 0.05) is 53.4 Å². The minimum absolute atomic E-state index is 0.0652. The molecule has 1 N–H and O–H groups in total. The van der Waals surface area contributed by atoms with E-state index in [1.807, 2.05) is 69.3 Å². The number of unbranched alkanes of at least 4 members (excludes halogenated alkanes) is 8. The maximum atomic E-state index is 13.7. The van der Waals surface area contributed by atoms with Gasteiger partial charge in [-0.1, -0.05) is 100 Å². The zero-order chi connectivity index (χ0) is 42.8. The summed E-state index contributed by atoms with van der Waals surface area (Å²) in [6, 6.07) is 22.0. The Kier molecular flexibility index (Phi) is 15.3. The second kappa shape index (κ2) is 20.8. The molecule has 10 nitrogen and oxygen atoms in total. The maximum absolute atomic E-state index is 13.7. The van der Waals surface area contributed by atoms with E-state index in [1.165, 1.54) is 16.7 Å². The molecule has 0 saturated carbocycles. The highest BCUT2D eigenvalue weighted by atomic mass is 32.2. The van der Waals surface area contributed by atoms with Crippen molar-refractivity contribution in [2.75, 3.05) is 17.6 Å². The first-order valence-electron chi connectivity index (χ1n) is 21.4. The standard InChI is InChI=1S/C49H56N2O8S/c1-5-34(33(4)52)30-60-41-29-43(54)51(47(41)55)28-18-12-10-8-6-7-9-11-13-23-42(53)50-36-26-24-35(25-27-36)46(44-31(2)37-19-14-16-21-39(37)58-48(44)56)45-32(3)38-20-15-17-22-40(38)59-49(45)57/h14-17,19-22,24-27,34,41,46H,5-13,18,23,28-30H2,1-4H3,(H,50,53)/t34-,41?/m0/s1. The number of nitrogens with zero attached hydrogens (tertiary/aromatic N) is 1. The zero-order valence-electron chi connectivity index (χ0n) is 35.2. The van der Waals surface area contributed by atoms with Crippen molar-refractivity contribution < 1.29 is 28.0 Å². The largest absolute Gasteiger partial charge is 0.422 e. The van der Waals surface area contributed by atoms with Gasteiger partial charge in [-0.3, -0.25) is 24.1 Å². The van der Waals surface area contributed by atoms with Gasteiger partial charge < -0.3 is 14.2 Å². The van der Waals surface area contributed by atoms with Crippen molar-refractivity contribution in [3.63, 3.8) is 0 Å². The van der Waals surface area contributed by atoms with Crippen molar-refractivity contribution in [3.05, 3.63) is 121 Å². The van der Waals surface area contributed by atoms with E-state index in [2.05, 4.69) is 5.32 Å². The molecule has 0 bridgehead atoms. The molecular weight excluding hydrogens is 777 g/mol. The van der Waals surface area contributed by atoms with E-state index in [4.69, 9.17) is 8.83 Å². The first-order valence-corrected chi connectivity index (χ1v) is 22.4. The molecule has 0 radical (unpaired) electrons. The van der Waals surface area contributed by atoms with Gasteiger partial charge in [-0.15, -0.1) is 11.8 Å². The monoisotopic (exact) mass is 832 g/mol. The summed E-state index contributed by atoms with van der Waals surface area (Å²) in [4.78, 5) is 78.7. The van der Waals surface area contributed by atoms with Crippen LogP contribution in [0.5, 0.6) is 0 Å². The number of likely N-dealkylation sites (tertiary alicyclic amines) is 1. The van der Waals surface area contributed by atoms with E-state index in [1.54, 1.807) is 31.2 Å². The van der Waals surface area contributed by atoms with E-state index in [0.29, 0.717) is 52.3 Å². The van der Waals surface area contributed by atoms with Crippen LogP contribution in [0.2, 0.25) is 0 Å². The van der Waals surface area contributed by atoms with Gasteiger partial charge in [-0.25, -0.2) is 9.59 Å². The molecule has 60 heavy (non-hydrogen) atoms. The van der Waals surface area contributed by atoms with Gasteiger partial charge in [0.2, 0.25) is 17.7 Å². The van der Waals surface area contributed by atoms with Crippen LogP contribution < -0.4 is 16.6 Å². The van der Waals surface area contributed by atoms with E-state index < -0.39 is 17.2 Å². The lowest BCUT2D eigenvalue weighted by Crippen LogP contribution is -2.32. The van der Waals surface area contributed by atoms with Crippen molar-refractivity contribution in [1.29, 1.82) is 0 Å². The number of hydrogen-bond donors (Lipinski definition) is 1. The molecule has 3 heterocycles. The second-order valence-corrected chi connectivity index (χ2v) is 17.2. The van der Waals surface area contributed by atoms with Crippen LogP contribution in [0.25, 0.3) is 21.9 Å². The van der Waals surface area contributed by atoms with Crippen molar-refractivity contribution in [1.82, 2.24) is 4.90 Å². The molecule has 11 heteroatoms. The molecule has 3 aromatic carbocycles. The van der Waals surface area contributed by atoms with Gasteiger partial charge in [-0.05, 0) is 81.0 Å². The lowest BCUT2D eigenvalue weighted by Gasteiger charge is -2.21. The third-order valence-electron chi connectivity index (χ3n) is 11.9. The van der Waals surface area contributed by atoms with Crippen molar-refractivity contribution in [2.45, 2.75) is 116 Å². The summed E-state index contributed by atoms with van der Waals surface area (Å²) in [5.41, 5.74) is 3.38. The lowest BCUT2D eigenvalue weighted by atomic mass is 9.81. The molecule has 1 aliphatic heterocycles. The van der Waals surface area contributed by atoms with Crippen LogP contribution in [0.3, 0.4) is 0 Å². The molecule has 0 spiro atoms. The Morgan fingerprint density at radius 1 is 0.733 bits per heavy atom. The van der Waals surface area contributed by atoms with Crippen molar-refractivity contribution in [2.24, 2.45) is 5.92 Å². The number of para-hydroxylation sites is 2. The van der Waals surface area contributed by atoms with Gasteiger partial charge in [0.25, 0.3) is 0 Å². The molecule has 2 aromatic heterocycles. The summed E-state index contributed by atoms with van der Waals surface area (Å²) in [7, 11) is 0. The van der Waals surface area contributed by atoms with Gasteiger partial charge >= 0.3 is 11.3 Å². The minimum Gasteiger partial charge on any atom is -0.422 e. The normalized spacial score (nSPS) is 14.8. The van der Waals surface area contributed by atoms with Crippen LogP contribution >= 0.6 is 11.8 Å². The third kappa shape index (κ3) is 10.5. The first kappa shape index (κ1) is 44.3. The minimum atomic E-state index is -0.778. The number of carbonyl (C=O) groups is 4. The number of carbonyl (C=O) groups excluding carboxylic acids is 4. The fourth-order valence-corrected chi connectivity index (χ4v) is 9.80. The predicted molar refractivity (Wildman–Crippen MR) is 239 cm³/mol. The highest BCUT2D eigenvalue weighted by Gasteiger charge is 2.38. The number of anilines is 1. The van der Waals surface area contributed by atoms with E-state index in [0.717, 1.165) is 86.1 Å². The smallest absolute Gasteiger partial charge is 0.340 e. The van der Waals surface area contributed by atoms with E-state index in [9.17, 15) is 28.8 Å². The number of Topliss-reactive ketones (excluding diaryl/α,β-unsaturated/α-hetero) is 1. The van der Waals surface area contributed by atoms with Crippen LogP contribution in [0.4, 0.5) is 5.69 Å². The van der Waals surface area contributed by atoms with Gasteiger partial charge in [0.05, 0.1) is 16.4 Å². The fourth-order valence-electron chi connectivity index (χ4n) is 8.33.